The molecule has 0 unspecified atom stereocenters. The summed E-state index contributed by atoms with van der Waals surface area (Å²) in [4.78, 5) is 8.85. The molecule has 1 N–H and O–H groups in total. The Bertz CT molecular complexity index is 475. The average molecular weight is 268 g/mol. The predicted octanol–water partition coefficient (Wildman–Crippen LogP) is 3.08. The molecule has 0 fully saturated rings. The highest BCUT2D eigenvalue weighted by Gasteiger charge is 2.07. The average Bonchev–Trinajstić information content (AvgIpc) is 2.88. The fourth-order valence-corrected chi connectivity index (χ4v) is 2.84. The predicted molar refractivity (Wildman–Crippen MR) is 73.0 cm³/mol. The van der Waals surface area contributed by atoms with Crippen LogP contribution in [0, 0.1) is 6.92 Å². The Labute approximate surface area is 109 Å². The summed E-state index contributed by atoms with van der Waals surface area (Å²) in [6.07, 6.45) is 0.940. The molecule has 2 rings (SSSR count). The SMILES string of the molecule is Cc1csc(CCNc2nc(C(C)C)ns2)n1. The van der Waals surface area contributed by atoms with E-state index in [0.717, 1.165) is 29.6 Å². The van der Waals surface area contributed by atoms with Gasteiger partial charge in [0.2, 0.25) is 5.13 Å². The molecule has 2 aromatic heterocycles. The number of hydrogen-bond donors (Lipinski definition) is 1. The monoisotopic (exact) mass is 268 g/mol. The van der Waals surface area contributed by atoms with Gasteiger partial charge in [-0.05, 0) is 6.92 Å². The van der Waals surface area contributed by atoms with Crippen molar-refractivity contribution in [3.8, 4) is 0 Å². The zero-order chi connectivity index (χ0) is 12.3. The lowest BCUT2D eigenvalue weighted by atomic mass is 10.2. The van der Waals surface area contributed by atoms with Crippen LogP contribution in [0.3, 0.4) is 0 Å². The molecule has 0 aromatic carbocycles. The summed E-state index contributed by atoms with van der Waals surface area (Å²) >= 11 is 3.14. The van der Waals surface area contributed by atoms with Gasteiger partial charge in [0.15, 0.2) is 0 Å². The van der Waals surface area contributed by atoms with Crippen molar-refractivity contribution in [1.82, 2.24) is 14.3 Å². The molecular weight excluding hydrogens is 252 g/mol. The Balaban J connectivity index is 1.81. The van der Waals surface area contributed by atoms with Gasteiger partial charge in [-0.15, -0.1) is 11.3 Å². The van der Waals surface area contributed by atoms with E-state index in [-0.39, 0.29) is 0 Å². The van der Waals surface area contributed by atoms with E-state index < -0.39 is 0 Å². The van der Waals surface area contributed by atoms with E-state index in [4.69, 9.17) is 0 Å². The topological polar surface area (TPSA) is 50.7 Å². The van der Waals surface area contributed by atoms with Crippen LogP contribution >= 0.6 is 22.9 Å². The third-order valence-corrected chi connectivity index (χ3v) is 3.95. The molecule has 6 heteroatoms. The second kappa shape index (κ2) is 5.55. The third-order valence-electron chi connectivity index (χ3n) is 2.24. The fourth-order valence-electron chi connectivity index (χ4n) is 1.34. The number of anilines is 1. The quantitative estimate of drug-likeness (QED) is 0.905. The molecule has 0 aliphatic rings. The Kier molecular flexibility index (Phi) is 4.06. The molecular formula is C11H16N4S2. The molecule has 0 aliphatic heterocycles. The zero-order valence-electron chi connectivity index (χ0n) is 10.2. The highest BCUT2D eigenvalue weighted by Crippen LogP contribution is 2.17. The second-order valence-electron chi connectivity index (χ2n) is 4.17. The summed E-state index contributed by atoms with van der Waals surface area (Å²) in [5.41, 5.74) is 1.10. The minimum absolute atomic E-state index is 0.392. The molecule has 0 spiro atoms. The molecule has 0 bridgehead atoms. The van der Waals surface area contributed by atoms with Crippen LogP contribution in [0.1, 0.15) is 36.3 Å². The van der Waals surface area contributed by atoms with Gasteiger partial charge in [-0.25, -0.2) is 9.97 Å². The first kappa shape index (κ1) is 12.4. The molecule has 0 saturated carbocycles. The Morgan fingerprint density at radius 3 is 2.76 bits per heavy atom. The molecule has 0 atom stereocenters. The summed E-state index contributed by atoms with van der Waals surface area (Å²) in [5.74, 6) is 1.31. The maximum Gasteiger partial charge on any atom is 0.202 e. The van der Waals surface area contributed by atoms with Crippen molar-refractivity contribution in [3.63, 3.8) is 0 Å². The van der Waals surface area contributed by atoms with Gasteiger partial charge in [0.05, 0.1) is 5.01 Å². The lowest BCUT2D eigenvalue weighted by molar-refractivity contribution is 0.799. The first-order valence-electron chi connectivity index (χ1n) is 5.63. The summed E-state index contributed by atoms with van der Waals surface area (Å²) in [5, 5.41) is 7.44. The summed E-state index contributed by atoms with van der Waals surface area (Å²) < 4.78 is 4.30. The van der Waals surface area contributed by atoms with Crippen molar-refractivity contribution >= 4 is 28.0 Å². The van der Waals surface area contributed by atoms with Crippen molar-refractivity contribution in [2.24, 2.45) is 0 Å². The van der Waals surface area contributed by atoms with Gasteiger partial charge >= 0.3 is 0 Å². The van der Waals surface area contributed by atoms with Gasteiger partial charge < -0.3 is 5.32 Å². The second-order valence-corrected chi connectivity index (χ2v) is 5.87. The molecule has 0 aliphatic carbocycles. The number of aryl methyl sites for hydroxylation is 1. The number of rotatable bonds is 5. The third kappa shape index (κ3) is 3.47. The summed E-state index contributed by atoms with van der Waals surface area (Å²) in [7, 11) is 0. The molecule has 0 saturated heterocycles. The van der Waals surface area contributed by atoms with Crippen molar-refractivity contribution < 1.29 is 0 Å². The lowest BCUT2D eigenvalue weighted by Crippen LogP contribution is -2.04. The molecule has 92 valence electrons. The highest BCUT2D eigenvalue weighted by molar-refractivity contribution is 7.10. The van der Waals surface area contributed by atoms with Gasteiger partial charge in [0.25, 0.3) is 0 Å². The van der Waals surface area contributed by atoms with Gasteiger partial charge in [-0.3, -0.25) is 0 Å². The number of aromatic nitrogens is 3. The van der Waals surface area contributed by atoms with Crippen LogP contribution in [0.25, 0.3) is 0 Å². The van der Waals surface area contributed by atoms with Gasteiger partial charge in [0, 0.05) is 41.5 Å². The minimum Gasteiger partial charge on any atom is -0.360 e. The van der Waals surface area contributed by atoms with E-state index in [1.54, 1.807) is 11.3 Å². The van der Waals surface area contributed by atoms with E-state index in [1.165, 1.54) is 16.5 Å². The van der Waals surface area contributed by atoms with Gasteiger partial charge in [-0.1, -0.05) is 13.8 Å². The standard InChI is InChI=1S/C11H16N4S2/c1-7(2)10-14-11(17-15-10)12-5-4-9-13-8(3)6-16-9/h6-7H,4-5H2,1-3H3,(H,12,14,15). The first-order chi connectivity index (χ1) is 8.15. The van der Waals surface area contributed by atoms with Crippen LogP contribution < -0.4 is 5.32 Å². The number of nitrogens with one attached hydrogen (secondary N) is 1. The van der Waals surface area contributed by atoms with E-state index >= 15 is 0 Å². The molecule has 0 amide bonds. The van der Waals surface area contributed by atoms with Crippen LogP contribution in [-0.2, 0) is 6.42 Å². The summed E-state index contributed by atoms with van der Waals surface area (Å²) in [6, 6.07) is 0. The molecule has 17 heavy (non-hydrogen) atoms. The maximum absolute atomic E-state index is 4.43. The van der Waals surface area contributed by atoms with Crippen molar-refractivity contribution in [3.05, 3.63) is 21.9 Å². The minimum atomic E-state index is 0.392. The van der Waals surface area contributed by atoms with Crippen LogP contribution in [0.2, 0.25) is 0 Å². The van der Waals surface area contributed by atoms with Crippen molar-refractivity contribution in [2.45, 2.75) is 33.1 Å². The van der Waals surface area contributed by atoms with Crippen LogP contribution in [0.15, 0.2) is 5.38 Å². The molecule has 2 heterocycles. The van der Waals surface area contributed by atoms with Crippen LogP contribution in [0.5, 0.6) is 0 Å². The van der Waals surface area contributed by atoms with Crippen LogP contribution in [-0.4, -0.2) is 20.9 Å². The van der Waals surface area contributed by atoms with Crippen molar-refractivity contribution in [2.75, 3.05) is 11.9 Å². The lowest BCUT2D eigenvalue weighted by Gasteiger charge is -1.99. The fraction of sp³-hybridized carbons (Fsp3) is 0.545. The van der Waals surface area contributed by atoms with E-state index in [1.807, 2.05) is 6.92 Å². The van der Waals surface area contributed by atoms with Gasteiger partial charge in [0.1, 0.15) is 5.82 Å². The van der Waals surface area contributed by atoms with E-state index in [2.05, 4.69) is 38.9 Å². The Morgan fingerprint density at radius 1 is 1.35 bits per heavy atom. The number of thiazole rings is 1. The molecule has 2 aromatic rings. The molecule has 0 radical (unpaired) electrons. The maximum atomic E-state index is 4.43. The Morgan fingerprint density at radius 2 is 2.18 bits per heavy atom. The smallest absolute Gasteiger partial charge is 0.202 e. The van der Waals surface area contributed by atoms with Gasteiger partial charge in [-0.2, -0.15) is 4.37 Å². The Hall–Kier alpha value is -1.01. The van der Waals surface area contributed by atoms with Crippen LogP contribution in [0.4, 0.5) is 5.13 Å². The zero-order valence-corrected chi connectivity index (χ0v) is 11.9. The van der Waals surface area contributed by atoms with E-state index in [9.17, 15) is 0 Å². The summed E-state index contributed by atoms with van der Waals surface area (Å²) in [6.45, 7) is 7.08. The normalized spacial score (nSPS) is 11.1. The largest absolute Gasteiger partial charge is 0.360 e. The number of nitrogens with zero attached hydrogens (tertiary/aromatic N) is 3. The number of hydrogen-bond acceptors (Lipinski definition) is 6. The first-order valence-corrected chi connectivity index (χ1v) is 7.29. The van der Waals surface area contributed by atoms with Crippen molar-refractivity contribution in [1.29, 1.82) is 0 Å². The van der Waals surface area contributed by atoms with E-state index in [0.29, 0.717) is 5.92 Å². The molecule has 4 nitrogen and oxygen atoms in total. The highest BCUT2D eigenvalue weighted by atomic mass is 32.1.